The van der Waals surface area contributed by atoms with Gasteiger partial charge in [-0.15, -0.1) is 5.10 Å². The zero-order valence-electron chi connectivity index (χ0n) is 11.8. The molecule has 0 saturated carbocycles. The molecule has 0 aliphatic rings. The minimum absolute atomic E-state index is 0.00166. The van der Waals surface area contributed by atoms with Crippen LogP contribution in [-0.4, -0.2) is 25.1 Å². The Hall–Kier alpha value is -3.00. The maximum Gasteiger partial charge on any atom is 0.283 e. The van der Waals surface area contributed by atoms with Crippen LogP contribution in [0.4, 0.5) is 0 Å². The molecule has 1 heterocycles. The van der Waals surface area contributed by atoms with E-state index < -0.39 is 4.92 Å². The molecule has 114 valence electrons. The van der Waals surface area contributed by atoms with E-state index in [-0.39, 0.29) is 5.70 Å². The highest BCUT2D eigenvalue weighted by Crippen LogP contribution is 2.24. The van der Waals surface area contributed by atoms with Crippen LogP contribution < -0.4 is 0 Å². The molecule has 2 aromatic carbocycles. The van der Waals surface area contributed by atoms with Gasteiger partial charge in [0.15, 0.2) is 0 Å². The number of benzene rings is 2. The molecule has 8 heteroatoms. The van der Waals surface area contributed by atoms with Gasteiger partial charge in [-0.3, -0.25) is 10.1 Å². The Bertz CT molecular complexity index is 833. The number of nitro groups is 1. The van der Waals surface area contributed by atoms with Crippen molar-refractivity contribution < 1.29 is 4.92 Å². The molecule has 7 nitrogen and oxygen atoms in total. The van der Waals surface area contributed by atoms with Crippen LogP contribution in [0.25, 0.3) is 11.4 Å². The Morgan fingerprint density at radius 3 is 2.39 bits per heavy atom. The van der Waals surface area contributed by atoms with Gasteiger partial charge in [0.1, 0.15) is 0 Å². The lowest BCUT2D eigenvalue weighted by Crippen LogP contribution is -1.99. The van der Waals surface area contributed by atoms with Crippen molar-refractivity contribution in [2.75, 3.05) is 0 Å². The first-order chi connectivity index (χ1) is 11.3. The molecule has 0 amide bonds. The van der Waals surface area contributed by atoms with Crippen molar-refractivity contribution in [3.8, 4) is 5.69 Å². The van der Waals surface area contributed by atoms with Crippen LogP contribution in [0.1, 0.15) is 5.56 Å². The van der Waals surface area contributed by atoms with E-state index in [4.69, 9.17) is 0 Å². The summed E-state index contributed by atoms with van der Waals surface area (Å²) < 4.78 is 1.53. The summed E-state index contributed by atoms with van der Waals surface area (Å²) in [5.74, 6) is 0. The molecule has 1 aromatic heterocycles. The molecule has 0 aliphatic heterocycles. The lowest BCUT2D eigenvalue weighted by atomic mass is 10.2. The van der Waals surface area contributed by atoms with Gasteiger partial charge < -0.3 is 0 Å². The second kappa shape index (κ2) is 6.84. The summed E-state index contributed by atoms with van der Waals surface area (Å²) in [5, 5.41) is 24.6. The van der Waals surface area contributed by atoms with E-state index in [0.29, 0.717) is 10.7 Å². The van der Waals surface area contributed by atoms with Gasteiger partial charge in [-0.1, -0.05) is 36.4 Å². The van der Waals surface area contributed by atoms with E-state index in [0.717, 1.165) is 17.4 Å². The molecule has 0 unspecified atom stereocenters. The number of para-hydroxylation sites is 1. The topological polar surface area (TPSA) is 86.7 Å². The van der Waals surface area contributed by atoms with Gasteiger partial charge in [-0.25, -0.2) is 0 Å². The zero-order chi connectivity index (χ0) is 16.1. The molecule has 0 N–H and O–H groups in total. The number of tetrazole rings is 1. The summed E-state index contributed by atoms with van der Waals surface area (Å²) >= 11 is 1.10. The lowest BCUT2D eigenvalue weighted by molar-refractivity contribution is -0.375. The van der Waals surface area contributed by atoms with Gasteiger partial charge in [-0.2, -0.15) is 4.68 Å². The lowest BCUT2D eigenvalue weighted by Gasteiger charge is -2.02. The number of rotatable bonds is 5. The smallest absolute Gasteiger partial charge is 0.258 e. The van der Waals surface area contributed by atoms with Crippen molar-refractivity contribution in [2.45, 2.75) is 5.16 Å². The fourth-order valence-corrected chi connectivity index (χ4v) is 2.68. The van der Waals surface area contributed by atoms with Gasteiger partial charge >= 0.3 is 0 Å². The first kappa shape index (κ1) is 14.9. The highest BCUT2D eigenvalue weighted by atomic mass is 32.2. The number of nitrogens with zero attached hydrogens (tertiary/aromatic N) is 5. The van der Waals surface area contributed by atoms with Crippen LogP contribution in [-0.2, 0) is 0 Å². The van der Waals surface area contributed by atoms with E-state index in [1.165, 1.54) is 10.1 Å². The Morgan fingerprint density at radius 2 is 1.74 bits per heavy atom. The SMILES string of the molecule is O=[N+]([O-])/C(=C/Sc1nnnn1-c1ccccc1)c1ccccc1. The van der Waals surface area contributed by atoms with Gasteiger partial charge in [0.25, 0.3) is 5.70 Å². The van der Waals surface area contributed by atoms with E-state index in [1.807, 2.05) is 36.4 Å². The third-order valence-corrected chi connectivity index (χ3v) is 3.79. The van der Waals surface area contributed by atoms with E-state index in [9.17, 15) is 10.1 Å². The highest BCUT2D eigenvalue weighted by molar-refractivity contribution is 8.02. The molecule has 3 rings (SSSR count). The third-order valence-electron chi connectivity index (χ3n) is 2.98. The first-order valence-corrected chi connectivity index (χ1v) is 7.54. The van der Waals surface area contributed by atoms with Gasteiger partial charge in [0.2, 0.25) is 5.16 Å². The Labute approximate surface area is 135 Å². The van der Waals surface area contributed by atoms with Gasteiger partial charge in [0, 0.05) is 0 Å². The second-order valence-corrected chi connectivity index (χ2v) is 5.29. The fourth-order valence-electron chi connectivity index (χ4n) is 1.92. The van der Waals surface area contributed by atoms with E-state index >= 15 is 0 Å². The molecule has 3 aromatic rings. The molecule has 0 aliphatic carbocycles. The van der Waals surface area contributed by atoms with Crippen LogP contribution in [0.15, 0.2) is 71.2 Å². The highest BCUT2D eigenvalue weighted by Gasteiger charge is 2.15. The Morgan fingerprint density at radius 1 is 1.09 bits per heavy atom. The molecule has 0 fully saturated rings. The average molecular weight is 325 g/mol. The largest absolute Gasteiger partial charge is 0.283 e. The van der Waals surface area contributed by atoms with Crippen molar-refractivity contribution >= 4 is 17.5 Å². The van der Waals surface area contributed by atoms with E-state index in [1.54, 1.807) is 24.3 Å². The second-order valence-electron chi connectivity index (χ2n) is 4.45. The quantitative estimate of drug-likeness (QED) is 0.407. The molecule has 0 saturated heterocycles. The van der Waals surface area contributed by atoms with Crippen LogP contribution in [0.3, 0.4) is 0 Å². The van der Waals surface area contributed by atoms with E-state index in [2.05, 4.69) is 15.5 Å². The minimum atomic E-state index is -0.418. The Kier molecular flexibility index (Phi) is 4.44. The van der Waals surface area contributed by atoms with Crippen molar-refractivity contribution in [2.24, 2.45) is 0 Å². The van der Waals surface area contributed by atoms with Crippen molar-refractivity contribution in [3.63, 3.8) is 0 Å². The van der Waals surface area contributed by atoms with Crippen molar-refractivity contribution in [3.05, 3.63) is 81.7 Å². The summed E-state index contributed by atoms with van der Waals surface area (Å²) in [6, 6.07) is 18.0. The number of hydrogen-bond donors (Lipinski definition) is 0. The van der Waals surface area contributed by atoms with Crippen LogP contribution >= 0.6 is 11.8 Å². The third kappa shape index (κ3) is 3.43. The van der Waals surface area contributed by atoms with Gasteiger partial charge in [-0.05, 0) is 46.5 Å². The fraction of sp³-hybridized carbons (Fsp3) is 0. The molecule has 0 bridgehead atoms. The number of aromatic nitrogens is 4. The predicted molar refractivity (Wildman–Crippen MR) is 86.4 cm³/mol. The monoisotopic (exact) mass is 325 g/mol. The maximum atomic E-state index is 11.3. The summed E-state index contributed by atoms with van der Waals surface area (Å²) in [5.41, 5.74) is 1.32. The summed E-state index contributed by atoms with van der Waals surface area (Å²) in [4.78, 5) is 10.9. The normalized spacial score (nSPS) is 11.4. The molecule has 23 heavy (non-hydrogen) atoms. The number of thioether (sulfide) groups is 1. The van der Waals surface area contributed by atoms with Crippen LogP contribution in [0.2, 0.25) is 0 Å². The van der Waals surface area contributed by atoms with Gasteiger partial charge in [0.05, 0.1) is 21.6 Å². The standard InChI is InChI=1S/C15H11N5O2S/c21-20(22)14(12-7-3-1-4-8-12)11-23-15-16-17-18-19(15)13-9-5-2-6-10-13/h1-11H/b14-11+. The van der Waals surface area contributed by atoms with Crippen molar-refractivity contribution in [1.82, 2.24) is 20.2 Å². The summed E-state index contributed by atoms with van der Waals surface area (Å²) in [6.07, 6.45) is 0. The molecule has 0 spiro atoms. The van der Waals surface area contributed by atoms with Crippen LogP contribution in [0.5, 0.6) is 0 Å². The molecule has 0 atom stereocenters. The average Bonchev–Trinajstić information content (AvgIpc) is 3.05. The first-order valence-electron chi connectivity index (χ1n) is 6.66. The summed E-state index contributed by atoms with van der Waals surface area (Å²) in [7, 11) is 0. The molecule has 0 radical (unpaired) electrons. The number of hydrogen-bond acceptors (Lipinski definition) is 6. The molecular formula is C15H11N5O2S. The van der Waals surface area contributed by atoms with Crippen LogP contribution in [0, 0.1) is 10.1 Å². The van der Waals surface area contributed by atoms with Crippen molar-refractivity contribution in [1.29, 1.82) is 0 Å². The maximum absolute atomic E-state index is 11.3. The molecular weight excluding hydrogens is 314 g/mol. The Balaban J connectivity index is 1.90. The summed E-state index contributed by atoms with van der Waals surface area (Å²) in [6.45, 7) is 0. The minimum Gasteiger partial charge on any atom is -0.258 e. The predicted octanol–water partition coefficient (Wildman–Crippen LogP) is 3.03. The zero-order valence-corrected chi connectivity index (χ0v) is 12.6.